The van der Waals surface area contributed by atoms with E-state index in [4.69, 9.17) is 9.47 Å². The highest BCUT2D eigenvalue weighted by Crippen LogP contribution is 2.69. The van der Waals surface area contributed by atoms with Gasteiger partial charge in [-0.15, -0.1) is 0 Å². The molecule has 4 aliphatic carbocycles. The maximum atomic E-state index is 14.0. The number of fused-ring (bicyclic) bond motifs is 6. The molecule has 8 atom stereocenters. The minimum atomic E-state index is -1.40. The quantitative estimate of drug-likeness (QED) is 0.420. The molecule has 1 saturated heterocycles. The zero-order valence-corrected chi connectivity index (χ0v) is 26.7. The molecule has 0 amide bonds. The first-order valence-corrected chi connectivity index (χ1v) is 17.2. The van der Waals surface area contributed by atoms with Crippen molar-refractivity contribution in [2.75, 3.05) is 19.0 Å². The third-order valence-electron chi connectivity index (χ3n) is 12.0. The molecule has 1 aromatic heterocycles. The number of rotatable bonds is 5. The van der Waals surface area contributed by atoms with Gasteiger partial charge in [-0.2, -0.15) is 10.4 Å². The molecule has 5 aliphatic rings. The number of aliphatic hydroxyl groups excluding tert-OH is 1. The molecule has 1 aromatic carbocycles. The molecule has 4 fully saturated rings. The van der Waals surface area contributed by atoms with Crippen LogP contribution < -0.4 is 0 Å². The third-order valence-corrected chi connectivity index (χ3v) is 12.8. The number of thioether (sulfide) groups is 1. The summed E-state index contributed by atoms with van der Waals surface area (Å²) in [4.78, 5) is 27.6. The van der Waals surface area contributed by atoms with E-state index in [0.29, 0.717) is 25.9 Å². The number of aliphatic hydroxyl groups is 1. The SMILES string of the molecule is C[C@]12Cc3cnn(-c4ccc(F)cc4)c3C=C1CC[C@@H]1[C@@H]2[C@@H](O)C[C@@]2(C)[C@H]1CC[C@]2(OC(=O)C1CCCOC1)C(=O)SCC#N. The second kappa shape index (κ2) is 11.4. The monoisotopic (exact) mass is 633 g/mol. The average Bonchev–Trinajstić information content (AvgIpc) is 3.56. The Labute approximate surface area is 267 Å². The summed E-state index contributed by atoms with van der Waals surface area (Å²) < 4.78 is 27.4. The summed E-state index contributed by atoms with van der Waals surface area (Å²) in [6, 6.07) is 8.40. The Hall–Kier alpha value is -3.00. The summed E-state index contributed by atoms with van der Waals surface area (Å²) in [6.07, 6.45) is 8.75. The van der Waals surface area contributed by atoms with Crippen molar-refractivity contribution in [2.24, 2.45) is 34.5 Å². The van der Waals surface area contributed by atoms with Gasteiger partial charge in [0.1, 0.15) is 5.82 Å². The number of carbonyl (C=O) groups is 2. The summed E-state index contributed by atoms with van der Waals surface area (Å²) in [5.74, 6) is -0.934. The largest absolute Gasteiger partial charge is 0.449 e. The summed E-state index contributed by atoms with van der Waals surface area (Å²) >= 11 is 0.928. The molecule has 0 spiro atoms. The molecule has 3 saturated carbocycles. The lowest BCUT2D eigenvalue weighted by atomic mass is 9.45. The van der Waals surface area contributed by atoms with Crippen LogP contribution in [0.1, 0.15) is 70.1 Å². The predicted molar refractivity (Wildman–Crippen MR) is 166 cm³/mol. The number of aromatic nitrogens is 2. The Balaban J connectivity index is 1.21. The normalized spacial score (nSPS) is 36.9. The van der Waals surface area contributed by atoms with E-state index in [1.165, 1.54) is 17.7 Å². The number of carbonyl (C=O) groups excluding carboxylic acids is 2. The fraction of sp³-hybridized carbons (Fsp3) is 0.600. The van der Waals surface area contributed by atoms with Gasteiger partial charge in [-0.05, 0) is 110 Å². The van der Waals surface area contributed by atoms with E-state index < -0.39 is 29.0 Å². The van der Waals surface area contributed by atoms with E-state index in [2.05, 4.69) is 24.2 Å². The van der Waals surface area contributed by atoms with Crippen LogP contribution >= 0.6 is 11.8 Å². The van der Waals surface area contributed by atoms with Crippen LogP contribution in [-0.2, 0) is 25.5 Å². The summed E-state index contributed by atoms with van der Waals surface area (Å²) in [6.45, 7) is 5.21. The minimum Gasteiger partial charge on any atom is -0.449 e. The lowest BCUT2D eigenvalue weighted by Crippen LogP contribution is -2.62. The van der Waals surface area contributed by atoms with E-state index in [-0.39, 0.29) is 46.5 Å². The molecule has 2 aromatic rings. The molecule has 8 nitrogen and oxygen atoms in total. The van der Waals surface area contributed by atoms with Crippen LogP contribution in [0.15, 0.2) is 36.0 Å². The van der Waals surface area contributed by atoms with Crippen molar-refractivity contribution in [1.82, 2.24) is 9.78 Å². The molecular weight excluding hydrogens is 593 g/mol. The first kappa shape index (κ1) is 30.6. The summed E-state index contributed by atoms with van der Waals surface area (Å²) in [5, 5.41) is 25.8. The number of benzene rings is 1. The molecule has 45 heavy (non-hydrogen) atoms. The van der Waals surface area contributed by atoms with Gasteiger partial charge in [0.05, 0.1) is 48.0 Å². The molecule has 1 unspecified atom stereocenters. The second-order valence-corrected chi connectivity index (χ2v) is 15.1. The number of esters is 1. The van der Waals surface area contributed by atoms with Crippen LogP contribution in [0.5, 0.6) is 0 Å². The molecule has 0 radical (unpaired) electrons. The third kappa shape index (κ3) is 4.72. The number of allylic oxidation sites excluding steroid dienone is 1. The summed E-state index contributed by atoms with van der Waals surface area (Å²) in [5.41, 5.74) is 1.73. The number of ether oxygens (including phenoxy) is 2. The van der Waals surface area contributed by atoms with Gasteiger partial charge in [0.15, 0.2) is 5.60 Å². The minimum absolute atomic E-state index is 0.0137. The Morgan fingerprint density at radius 2 is 2.04 bits per heavy atom. The van der Waals surface area contributed by atoms with Crippen LogP contribution in [0.3, 0.4) is 0 Å². The Bertz CT molecular complexity index is 1580. The maximum Gasteiger partial charge on any atom is 0.312 e. The fourth-order valence-corrected chi connectivity index (χ4v) is 10.7. The fourth-order valence-electron chi connectivity index (χ4n) is 9.90. The lowest BCUT2D eigenvalue weighted by molar-refractivity contribution is -0.201. The summed E-state index contributed by atoms with van der Waals surface area (Å²) in [7, 11) is 0. The van der Waals surface area contributed by atoms with Gasteiger partial charge in [0.2, 0.25) is 5.12 Å². The van der Waals surface area contributed by atoms with Gasteiger partial charge in [-0.3, -0.25) is 9.59 Å². The average molecular weight is 634 g/mol. The Morgan fingerprint density at radius 3 is 2.78 bits per heavy atom. The predicted octanol–water partition coefficient (Wildman–Crippen LogP) is 5.66. The van der Waals surface area contributed by atoms with Crippen molar-refractivity contribution in [2.45, 2.75) is 76.9 Å². The van der Waals surface area contributed by atoms with Crippen molar-refractivity contribution in [3.63, 3.8) is 0 Å². The van der Waals surface area contributed by atoms with Crippen molar-refractivity contribution in [3.8, 4) is 11.8 Å². The number of nitrogens with zero attached hydrogens (tertiary/aromatic N) is 3. The molecule has 2 heterocycles. The number of halogens is 1. The van der Waals surface area contributed by atoms with Crippen molar-refractivity contribution < 1.29 is 28.6 Å². The van der Waals surface area contributed by atoms with Gasteiger partial charge in [0.25, 0.3) is 0 Å². The molecule has 1 N–H and O–H groups in total. The van der Waals surface area contributed by atoms with Crippen molar-refractivity contribution in [3.05, 3.63) is 53.1 Å². The van der Waals surface area contributed by atoms with Crippen LogP contribution in [0.25, 0.3) is 11.8 Å². The smallest absolute Gasteiger partial charge is 0.312 e. The molecule has 7 rings (SSSR count). The first-order chi connectivity index (χ1) is 21.6. The van der Waals surface area contributed by atoms with Gasteiger partial charge in [-0.1, -0.05) is 31.2 Å². The molecule has 10 heteroatoms. The highest BCUT2D eigenvalue weighted by Gasteiger charge is 2.71. The van der Waals surface area contributed by atoms with Crippen molar-refractivity contribution in [1.29, 1.82) is 5.26 Å². The van der Waals surface area contributed by atoms with E-state index in [1.807, 2.05) is 17.8 Å². The van der Waals surface area contributed by atoms with Crippen LogP contribution in [0, 0.1) is 51.6 Å². The van der Waals surface area contributed by atoms with E-state index >= 15 is 0 Å². The van der Waals surface area contributed by atoms with E-state index in [9.17, 15) is 24.3 Å². The first-order valence-electron chi connectivity index (χ1n) is 16.2. The highest BCUT2D eigenvalue weighted by atomic mass is 32.2. The molecule has 0 bridgehead atoms. The Morgan fingerprint density at radius 1 is 1.24 bits per heavy atom. The number of hydrogen-bond donors (Lipinski definition) is 1. The lowest BCUT2D eigenvalue weighted by Gasteiger charge is -2.60. The van der Waals surface area contributed by atoms with Crippen molar-refractivity contribution >= 4 is 28.9 Å². The maximum absolute atomic E-state index is 14.0. The van der Waals surface area contributed by atoms with Gasteiger partial charge >= 0.3 is 5.97 Å². The second-order valence-electron chi connectivity index (χ2n) is 14.2. The number of nitriles is 1. The van der Waals surface area contributed by atoms with Gasteiger partial charge < -0.3 is 14.6 Å². The zero-order valence-electron chi connectivity index (χ0n) is 25.8. The van der Waals surface area contributed by atoms with Crippen LogP contribution in [0.2, 0.25) is 0 Å². The highest BCUT2D eigenvalue weighted by molar-refractivity contribution is 8.14. The number of hydrogen-bond acceptors (Lipinski definition) is 8. The molecular formula is C35H40FN3O5S. The zero-order chi connectivity index (χ0) is 31.6. The van der Waals surface area contributed by atoms with Crippen LogP contribution in [-0.4, -0.2) is 56.6 Å². The van der Waals surface area contributed by atoms with E-state index in [0.717, 1.165) is 60.8 Å². The Kier molecular flexibility index (Phi) is 7.73. The van der Waals surface area contributed by atoms with Gasteiger partial charge in [0, 0.05) is 12.0 Å². The van der Waals surface area contributed by atoms with Crippen LogP contribution in [0.4, 0.5) is 4.39 Å². The molecule has 238 valence electrons. The van der Waals surface area contributed by atoms with E-state index in [1.54, 1.807) is 12.1 Å². The van der Waals surface area contributed by atoms with Gasteiger partial charge in [-0.25, -0.2) is 9.07 Å². The topological polar surface area (TPSA) is 114 Å². The molecule has 1 aliphatic heterocycles. The standard InChI is InChI=1S/C35H40FN3O5S/c1-33-17-22-19-38-39(25-8-6-24(36)7-9-25)28(22)16-23(33)5-10-26-27-11-12-35(32(42)45-15-13-37,34(27,2)18-29(40)30(26)33)44-31(41)21-4-3-14-43-20-21/h6-9,16,19,21,26-27,29-30,40H,3-5,10-12,14-15,17-18,20H2,1-2H3/t21?,26-,27-,29-,30+,33-,34-,35-/m0/s1.